The maximum atomic E-state index is 5.96. The number of fused-ring (bicyclic) bond motifs is 1. The number of pyridine rings is 1. The van der Waals surface area contributed by atoms with Gasteiger partial charge < -0.3 is 10.6 Å². The number of nitrogen functional groups attached to an aromatic ring is 1. The van der Waals surface area contributed by atoms with E-state index in [1.54, 1.807) is 11.3 Å². The molecule has 0 atom stereocenters. The number of nitrogens with two attached hydrogens (primary N) is 1. The first-order valence-electron chi connectivity index (χ1n) is 7.11. The van der Waals surface area contributed by atoms with Gasteiger partial charge in [0.05, 0.1) is 12.1 Å². The van der Waals surface area contributed by atoms with Crippen molar-refractivity contribution in [2.75, 3.05) is 17.2 Å². The third kappa shape index (κ3) is 2.85. The van der Waals surface area contributed by atoms with Crippen LogP contribution in [-0.4, -0.2) is 11.5 Å². The summed E-state index contributed by atoms with van der Waals surface area (Å²) in [5.41, 5.74) is 9.99. The number of anilines is 2. The second-order valence-electron chi connectivity index (χ2n) is 5.15. The third-order valence-corrected chi connectivity index (χ3v) is 4.45. The van der Waals surface area contributed by atoms with Gasteiger partial charge in [0.15, 0.2) is 0 Å². The Morgan fingerprint density at radius 1 is 1.24 bits per heavy atom. The largest absolute Gasteiger partial charge is 0.399 e. The Hall–Kier alpha value is -2.07. The van der Waals surface area contributed by atoms with Crippen LogP contribution in [0.5, 0.6) is 0 Å². The minimum atomic E-state index is 0.779. The van der Waals surface area contributed by atoms with Crippen LogP contribution in [0, 0.1) is 6.92 Å². The Balaban J connectivity index is 2.10. The number of hydrogen-bond donors (Lipinski definition) is 1. The highest BCUT2D eigenvalue weighted by Crippen LogP contribution is 2.30. The zero-order valence-corrected chi connectivity index (χ0v) is 13.2. The highest BCUT2D eigenvalue weighted by molar-refractivity contribution is 7.09. The lowest BCUT2D eigenvalue weighted by Gasteiger charge is -2.24. The molecule has 0 saturated heterocycles. The number of aryl methyl sites for hydroxylation is 1. The first kappa shape index (κ1) is 13.9. The Morgan fingerprint density at radius 3 is 2.81 bits per heavy atom. The molecule has 0 aliphatic carbocycles. The topological polar surface area (TPSA) is 42.2 Å². The number of thiophene rings is 1. The fraction of sp³-hybridized carbons (Fsp3) is 0.235. The van der Waals surface area contributed by atoms with Gasteiger partial charge in [0.1, 0.15) is 0 Å². The van der Waals surface area contributed by atoms with Crippen LogP contribution < -0.4 is 10.6 Å². The van der Waals surface area contributed by atoms with Gasteiger partial charge in [-0.25, -0.2) is 0 Å². The molecule has 0 aliphatic heterocycles. The van der Waals surface area contributed by atoms with Crippen LogP contribution in [0.1, 0.15) is 17.5 Å². The Kier molecular flexibility index (Phi) is 3.80. The average molecular weight is 297 g/mol. The van der Waals surface area contributed by atoms with Crippen molar-refractivity contribution in [2.45, 2.75) is 20.4 Å². The zero-order chi connectivity index (χ0) is 14.8. The average Bonchev–Trinajstić information content (AvgIpc) is 2.97. The van der Waals surface area contributed by atoms with Gasteiger partial charge in [0.25, 0.3) is 0 Å². The van der Waals surface area contributed by atoms with Crippen LogP contribution in [0.3, 0.4) is 0 Å². The molecule has 3 aromatic rings. The molecule has 108 valence electrons. The lowest BCUT2D eigenvalue weighted by Crippen LogP contribution is -2.22. The van der Waals surface area contributed by atoms with E-state index in [0.29, 0.717) is 0 Å². The van der Waals surface area contributed by atoms with Gasteiger partial charge in [-0.15, -0.1) is 11.3 Å². The van der Waals surface area contributed by atoms with E-state index in [4.69, 9.17) is 5.73 Å². The fourth-order valence-corrected chi connectivity index (χ4v) is 3.29. The molecule has 2 aromatic heterocycles. The number of nitrogens with zero attached hydrogens (tertiary/aromatic N) is 2. The predicted octanol–water partition coefficient (Wildman–Crippen LogP) is 4.21. The summed E-state index contributed by atoms with van der Waals surface area (Å²) >= 11 is 1.79. The van der Waals surface area contributed by atoms with Crippen molar-refractivity contribution < 1.29 is 0 Å². The summed E-state index contributed by atoms with van der Waals surface area (Å²) in [7, 11) is 0. The molecule has 0 unspecified atom stereocenters. The molecule has 21 heavy (non-hydrogen) atoms. The van der Waals surface area contributed by atoms with Gasteiger partial charge in [-0.1, -0.05) is 6.07 Å². The van der Waals surface area contributed by atoms with Crippen LogP contribution in [0.2, 0.25) is 0 Å². The van der Waals surface area contributed by atoms with Crippen molar-refractivity contribution in [3.8, 4) is 0 Å². The molecule has 0 aliphatic rings. The summed E-state index contributed by atoms with van der Waals surface area (Å²) in [6.45, 7) is 6.09. The normalized spacial score (nSPS) is 11.0. The minimum Gasteiger partial charge on any atom is -0.399 e. The molecular formula is C17H19N3S. The van der Waals surface area contributed by atoms with E-state index in [9.17, 15) is 0 Å². The van der Waals surface area contributed by atoms with Crippen LogP contribution in [0.25, 0.3) is 10.9 Å². The van der Waals surface area contributed by atoms with Gasteiger partial charge in [-0.2, -0.15) is 0 Å². The number of rotatable bonds is 4. The first-order chi connectivity index (χ1) is 10.2. The predicted molar refractivity (Wildman–Crippen MR) is 91.9 cm³/mol. The Morgan fingerprint density at radius 2 is 2.10 bits per heavy atom. The minimum absolute atomic E-state index is 0.779. The first-order valence-corrected chi connectivity index (χ1v) is 7.99. The summed E-state index contributed by atoms with van der Waals surface area (Å²) in [6, 6.07) is 12.4. The van der Waals surface area contributed by atoms with Gasteiger partial charge in [-0.05, 0) is 49.6 Å². The number of benzene rings is 1. The van der Waals surface area contributed by atoms with E-state index in [1.165, 1.54) is 10.6 Å². The molecule has 3 rings (SSSR count). The molecule has 0 radical (unpaired) electrons. The second kappa shape index (κ2) is 5.74. The Bertz CT molecular complexity index is 750. The molecule has 2 N–H and O–H groups in total. The van der Waals surface area contributed by atoms with Crippen LogP contribution >= 0.6 is 11.3 Å². The summed E-state index contributed by atoms with van der Waals surface area (Å²) in [5.74, 6) is 0. The van der Waals surface area contributed by atoms with Crippen molar-refractivity contribution in [2.24, 2.45) is 0 Å². The highest BCUT2D eigenvalue weighted by atomic mass is 32.1. The maximum absolute atomic E-state index is 5.96. The molecule has 0 amide bonds. The van der Waals surface area contributed by atoms with Gasteiger partial charge in [-0.3, -0.25) is 4.98 Å². The van der Waals surface area contributed by atoms with E-state index in [-0.39, 0.29) is 0 Å². The summed E-state index contributed by atoms with van der Waals surface area (Å²) in [5, 5.41) is 3.25. The molecule has 4 heteroatoms. The lowest BCUT2D eigenvalue weighted by atomic mass is 10.1. The molecule has 3 nitrogen and oxygen atoms in total. The summed E-state index contributed by atoms with van der Waals surface area (Å²) in [6.07, 6.45) is 0. The van der Waals surface area contributed by atoms with Crippen molar-refractivity contribution in [3.05, 3.63) is 52.3 Å². The van der Waals surface area contributed by atoms with Crippen molar-refractivity contribution in [1.82, 2.24) is 4.98 Å². The van der Waals surface area contributed by atoms with E-state index >= 15 is 0 Å². The van der Waals surface area contributed by atoms with Gasteiger partial charge in [0, 0.05) is 33.9 Å². The lowest BCUT2D eigenvalue weighted by molar-refractivity contribution is 0.845. The van der Waals surface area contributed by atoms with E-state index in [1.807, 2.05) is 25.1 Å². The van der Waals surface area contributed by atoms with Gasteiger partial charge >= 0.3 is 0 Å². The molecular weight excluding hydrogens is 278 g/mol. The summed E-state index contributed by atoms with van der Waals surface area (Å²) in [4.78, 5) is 8.35. The van der Waals surface area contributed by atoms with Gasteiger partial charge in [0.2, 0.25) is 0 Å². The third-order valence-electron chi connectivity index (χ3n) is 3.59. The standard InChI is InChI=1S/C17H19N3S/c1-3-20(11-14-5-4-8-21-14)17-9-12(2)19-16-7-6-13(18)10-15(16)17/h4-10H,3,11,18H2,1-2H3. The molecule has 0 fully saturated rings. The molecule has 2 heterocycles. The van der Waals surface area contributed by atoms with Crippen LogP contribution in [0.15, 0.2) is 41.8 Å². The molecule has 1 aromatic carbocycles. The molecule has 0 bridgehead atoms. The van der Waals surface area contributed by atoms with Crippen LogP contribution in [0.4, 0.5) is 11.4 Å². The SMILES string of the molecule is CCN(Cc1cccs1)c1cc(C)nc2ccc(N)cc12. The van der Waals surface area contributed by atoms with Crippen molar-refractivity contribution in [3.63, 3.8) is 0 Å². The second-order valence-corrected chi connectivity index (χ2v) is 6.19. The molecule has 0 spiro atoms. The zero-order valence-electron chi connectivity index (χ0n) is 12.3. The fourth-order valence-electron chi connectivity index (χ4n) is 2.57. The Labute approximate surface area is 129 Å². The van der Waals surface area contributed by atoms with Crippen molar-refractivity contribution >= 4 is 33.6 Å². The summed E-state index contributed by atoms with van der Waals surface area (Å²) < 4.78 is 0. The number of hydrogen-bond acceptors (Lipinski definition) is 4. The smallest absolute Gasteiger partial charge is 0.0727 e. The van der Waals surface area contributed by atoms with Crippen LogP contribution in [-0.2, 0) is 6.54 Å². The maximum Gasteiger partial charge on any atom is 0.0727 e. The molecule has 0 saturated carbocycles. The van der Waals surface area contributed by atoms with E-state index in [0.717, 1.165) is 35.4 Å². The van der Waals surface area contributed by atoms with E-state index < -0.39 is 0 Å². The van der Waals surface area contributed by atoms with E-state index in [2.05, 4.69) is 40.4 Å². The monoisotopic (exact) mass is 297 g/mol. The van der Waals surface area contributed by atoms with Crippen molar-refractivity contribution in [1.29, 1.82) is 0 Å². The quantitative estimate of drug-likeness (QED) is 0.733. The number of aromatic nitrogens is 1. The highest BCUT2D eigenvalue weighted by Gasteiger charge is 2.12.